The number of rotatable bonds is 11. The second-order valence-electron chi connectivity index (χ2n) is 17.7. The SMILES string of the molecule is CC(O)=CC(=O)CCc1ccccc1-c1cc(-c2ccccc2-c2ccc(-c3cccc4c3oc3ccccc34)nc2)cc(-c2ccccc2-c2ccc(-c3cccc4c3oc3ccccc34)nc2)c1. The van der Waals surface area contributed by atoms with Gasteiger partial charge in [-0.3, -0.25) is 14.8 Å². The molecule has 0 saturated carbocycles. The Bertz CT molecular complexity index is 3770. The molecule has 0 saturated heterocycles. The van der Waals surface area contributed by atoms with Crippen molar-refractivity contribution in [1.82, 2.24) is 9.97 Å². The molecule has 0 spiro atoms. The molecule has 0 aliphatic rings. The Morgan fingerprint density at radius 2 is 0.843 bits per heavy atom. The molecule has 0 radical (unpaired) electrons. The lowest BCUT2D eigenvalue weighted by Gasteiger charge is -2.18. The third kappa shape index (κ3) is 7.81. The number of ketones is 1. The Morgan fingerprint density at radius 1 is 0.443 bits per heavy atom. The van der Waals surface area contributed by atoms with Crippen molar-refractivity contribution in [3.05, 3.63) is 230 Å². The van der Waals surface area contributed by atoms with Crippen molar-refractivity contribution in [2.75, 3.05) is 0 Å². The highest BCUT2D eigenvalue weighted by molar-refractivity contribution is 6.10. The standard InChI is InChI=1S/C64H44N2O4/c1-40(67)34-47(68)31-28-41-14-2-3-15-48(41)44-35-45(51-18-6-4-16-49(51)42-29-32-59(65-38-42)57-24-12-22-55-53-20-8-10-26-61(53)69-63(55)57)37-46(36-44)52-19-7-5-17-50(52)43-30-33-60(66-39-43)58-25-13-23-56-54-21-9-11-27-62(54)70-64(56)58/h2-27,29-30,32-39,67H,28,31H2,1H3. The number of fused-ring (bicyclic) bond motifs is 6. The Kier molecular flexibility index (Phi) is 10.8. The molecule has 70 heavy (non-hydrogen) atoms. The fourth-order valence-corrected chi connectivity index (χ4v) is 9.97. The van der Waals surface area contributed by atoms with Crippen molar-refractivity contribution in [3.8, 4) is 78.1 Å². The van der Waals surface area contributed by atoms with E-state index >= 15 is 0 Å². The van der Waals surface area contributed by atoms with Gasteiger partial charge in [0.25, 0.3) is 0 Å². The molecule has 0 bridgehead atoms. The number of benzene rings is 8. The molecule has 0 aliphatic heterocycles. The number of aryl methyl sites for hydroxylation is 1. The summed E-state index contributed by atoms with van der Waals surface area (Å²) in [6, 6.07) is 69.2. The van der Waals surface area contributed by atoms with Gasteiger partial charge < -0.3 is 13.9 Å². The smallest absolute Gasteiger partial charge is 0.159 e. The van der Waals surface area contributed by atoms with Gasteiger partial charge >= 0.3 is 0 Å². The van der Waals surface area contributed by atoms with Crippen LogP contribution in [0.3, 0.4) is 0 Å². The lowest BCUT2D eigenvalue weighted by Crippen LogP contribution is -1.99. The number of carbonyl (C=O) groups excluding carboxylic acids is 1. The number of aliphatic hydroxyl groups is 1. The van der Waals surface area contributed by atoms with Crippen molar-refractivity contribution in [1.29, 1.82) is 0 Å². The summed E-state index contributed by atoms with van der Waals surface area (Å²) in [6.07, 6.45) is 6.00. The topological polar surface area (TPSA) is 89.4 Å². The molecule has 1 N–H and O–H groups in total. The van der Waals surface area contributed by atoms with Gasteiger partial charge in [-0.25, -0.2) is 0 Å². The van der Waals surface area contributed by atoms with Crippen LogP contribution in [0, 0.1) is 0 Å². The molecule has 6 nitrogen and oxygen atoms in total. The zero-order valence-electron chi connectivity index (χ0n) is 38.3. The van der Waals surface area contributed by atoms with Gasteiger partial charge in [-0.05, 0) is 118 Å². The van der Waals surface area contributed by atoms with Crippen LogP contribution in [0.2, 0.25) is 0 Å². The molecule has 4 heterocycles. The normalized spacial score (nSPS) is 11.8. The van der Waals surface area contributed by atoms with Gasteiger partial charge in [-0.2, -0.15) is 0 Å². The van der Waals surface area contributed by atoms with Crippen LogP contribution >= 0.6 is 0 Å². The second-order valence-corrected chi connectivity index (χ2v) is 17.7. The summed E-state index contributed by atoms with van der Waals surface area (Å²) in [5.74, 6) is -0.107. The molecule has 0 amide bonds. The number of furan rings is 2. The molecule has 12 rings (SSSR count). The van der Waals surface area contributed by atoms with Crippen molar-refractivity contribution < 1.29 is 18.7 Å². The van der Waals surface area contributed by atoms with Crippen LogP contribution in [0.4, 0.5) is 0 Å². The number of aliphatic hydroxyl groups excluding tert-OH is 1. The molecule has 0 aliphatic carbocycles. The number of allylic oxidation sites excluding steroid dienone is 2. The van der Waals surface area contributed by atoms with Crippen LogP contribution in [0.1, 0.15) is 18.9 Å². The molecule has 6 heteroatoms. The van der Waals surface area contributed by atoms with Gasteiger partial charge in [-0.1, -0.05) is 146 Å². The summed E-state index contributed by atoms with van der Waals surface area (Å²) >= 11 is 0. The maximum Gasteiger partial charge on any atom is 0.159 e. The number of pyridine rings is 2. The van der Waals surface area contributed by atoms with Crippen molar-refractivity contribution in [3.63, 3.8) is 0 Å². The molecule has 12 aromatic rings. The Morgan fingerprint density at radius 3 is 1.31 bits per heavy atom. The van der Waals surface area contributed by atoms with E-state index in [0.29, 0.717) is 6.42 Å². The van der Waals surface area contributed by atoms with Crippen LogP contribution < -0.4 is 0 Å². The van der Waals surface area contributed by atoms with Crippen LogP contribution in [0.5, 0.6) is 0 Å². The fraction of sp³-hybridized carbons (Fsp3) is 0.0469. The van der Waals surface area contributed by atoms with Gasteiger partial charge in [0.05, 0.1) is 17.1 Å². The maximum absolute atomic E-state index is 12.8. The van der Waals surface area contributed by atoms with Crippen LogP contribution in [-0.4, -0.2) is 20.9 Å². The molecule has 334 valence electrons. The number of hydrogen-bond acceptors (Lipinski definition) is 6. The highest BCUT2D eigenvalue weighted by Crippen LogP contribution is 2.43. The minimum Gasteiger partial charge on any atom is -0.512 e. The number of nitrogens with zero attached hydrogens (tertiary/aromatic N) is 2. The Labute approximate surface area is 404 Å². The molecule has 4 aromatic heterocycles. The first-order chi connectivity index (χ1) is 34.4. The van der Waals surface area contributed by atoms with Gasteiger partial charge in [-0.15, -0.1) is 0 Å². The molecular weight excluding hydrogens is 861 g/mol. The van der Waals surface area contributed by atoms with E-state index in [4.69, 9.17) is 18.8 Å². The summed E-state index contributed by atoms with van der Waals surface area (Å²) in [5.41, 5.74) is 18.3. The van der Waals surface area contributed by atoms with E-state index in [9.17, 15) is 9.90 Å². The van der Waals surface area contributed by atoms with Crippen LogP contribution in [0.15, 0.2) is 233 Å². The summed E-state index contributed by atoms with van der Waals surface area (Å²) in [5, 5.41) is 14.1. The van der Waals surface area contributed by atoms with Gasteiger partial charge in [0.1, 0.15) is 22.3 Å². The summed E-state index contributed by atoms with van der Waals surface area (Å²) < 4.78 is 12.8. The monoisotopic (exact) mass is 904 g/mol. The van der Waals surface area contributed by atoms with E-state index < -0.39 is 0 Å². The van der Waals surface area contributed by atoms with Gasteiger partial charge in [0.15, 0.2) is 5.78 Å². The van der Waals surface area contributed by atoms with Crippen LogP contribution in [-0.2, 0) is 11.2 Å². The van der Waals surface area contributed by atoms with E-state index in [0.717, 1.165) is 128 Å². The number of carbonyl (C=O) groups is 1. The lowest BCUT2D eigenvalue weighted by molar-refractivity contribution is -0.114. The summed E-state index contributed by atoms with van der Waals surface area (Å²) in [7, 11) is 0. The third-order valence-corrected chi connectivity index (χ3v) is 13.3. The molecule has 0 atom stereocenters. The zero-order chi connectivity index (χ0) is 47.1. The highest BCUT2D eigenvalue weighted by Gasteiger charge is 2.19. The predicted molar refractivity (Wildman–Crippen MR) is 284 cm³/mol. The van der Waals surface area contributed by atoms with E-state index in [1.165, 1.54) is 13.0 Å². The highest BCUT2D eigenvalue weighted by atomic mass is 16.3. The second kappa shape index (κ2) is 17.8. The van der Waals surface area contributed by atoms with Crippen molar-refractivity contribution in [2.45, 2.75) is 19.8 Å². The van der Waals surface area contributed by atoms with Gasteiger partial charge in [0.2, 0.25) is 0 Å². The molecule has 0 fully saturated rings. The zero-order valence-corrected chi connectivity index (χ0v) is 38.3. The van der Waals surface area contributed by atoms with E-state index in [2.05, 4.69) is 152 Å². The molecular formula is C64H44N2O4. The largest absolute Gasteiger partial charge is 0.512 e. The molecule has 8 aromatic carbocycles. The Hall–Kier alpha value is -9.13. The minimum atomic E-state index is -0.116. The first kappa shape index (κ1) is 42.2. The molecule has 0 unspecified atom stereocenters. The predicted octanol–water partition coefficient (Wildman–Crippen LogP) is 16.9. The van der Waals surface area contributed by atoms with E-state index in [-0.39, 0.29) is 18.0 Å². The number of para-hydroxylation sites is 4. The third-order valence-electron chi connectivity index (χ3n) is 13.3. The van der Waals surface area contributed by atoms with Crippen LogP contribution in [0.25, 0.3) is 122 Å². The minimum absolute atomic E-state index is 0.00905. The van der Waals surface area contributed by atoms with Gasteiger partial charge in [0, 0.05) is 68.7 Å². The number of aromatic nitrogens is 2. The Balaban J connectivity index is 0.961. The first-order valence-corrected chi connectivity index (χ1v) is 23.5. The van der Waals surface area contributed by atoms with E-state index in [1.54, 1.807) is 0 Å². The average Bonchev–Trinajstić information content (AvgIpc) is 3.99. The lowest BCUT2D eigenvalue weighted by atomic mass is 9.86. The summed E-state index contributed by atoms with van der Waals surface area (Å²) in [4.78, 5) is 22.9. The summed E-state index contributed by atoms with van der Waals surface area (Å²) in [6.45, 7) is 1.52. The fourth-order valence-electron chi connectivity index (χ4n) is 9.97. The van der Waals surface area contributed by atoms with Crippen molar-refractivity contribution >= 4 is 49.7 Å². The maximum atomic E-state index is 12.8. The van der Waals surface area contributed by atoms with E-state index in [1.807, 2.05) is 60.9 Å². The quantitative estimate of drug-likeness (QED) is 0.103. The first-order valence-electron chi connectivity index (χ1n) is 23.5. The number of hydrogen-bond donors (Lipinski definition) is 1. The van der Waals surface area contributed by atoms with Crippen molar-refractivity contribution in [2.24, 2.45) is 0 Å². The average molecular weight is 905 g/mol.